The summed E-state index contributed by atoms with van der Waals surface area (Å²) in [6.07, 6.45) is -1.17. The van der Waals surface area contributed by atoms with Gasteiger partial charge in [0.15, 0.2) is 0 Å². The molecule has 0 bridgehead atoms. The van der Waals surface area contributed by atoms with Crippen LogP contribution >= 0.6 is 0 Å². The Hall–Kier alpha value is -4.77. The van der Waals surface area contributed by atoms with Gasteiger partial charge in [-0.2, -0.15) is 0 Å². The van der Waals surface area contributed by atoms with Crippen LogP contribution in [-0.4, -0.2) is 88.4 Å². The molecule has 0 aliphatic rings. The van der Waals surface area contributed by atoms with Crippen molar-refractivity contribution in [1.82, 2.24) is 21.3 Å². The van der Waals surface area contributed by atoms with Crippen LogP contribution < -0.4 is 44.2 Å². The SMILES string of the molecule is CC(C)C[C@H](NC(=O)[C@H](Cc1ccc(O)cc1)NC(=O)[C@H](CO)NC(=O)[C@@H](N)CC(N)=O)C(=O)N[C@@H](CC(N)=O)C(N)=O. The molecule has 5 atom stereocenters. The number of rotatable bonds is 18. The third kappa shape index (κ3) is 13.2. The van der Waals surface area contributed by atoms with Gasteiger partial charge in [-0.15, -0.1) is 0 Å². The first-order valence-corrected chi connectivity index (χ1v) is 13.3. The van der Waals surface area contributed by atoms with Crippen LogP contribution in [0.15, 0.2) is 24.3 Å². The van der Waals surface area contributed by atoms with Gasteiger partial charge in [0.1, 0.15) is 29.9 Å². The number of nitrogens with one attached hydrogen (secondary N) is 4. The van der Waals surface area contributed by atoms with E-state index in [2.05, 4.69) is 21.3 Å². The van der Waals surface area contributed by atoms with E-state index >= 15 is 0 Å². The Morgan fingerprint density at radius 1 is 0.698 bits per heavy atom. The summed E-state index contributed by atoms with van der Waals surface area (Å²) >= 11 is 0. The molecule has 0 fully saturated rings. The number of carbonyl (C=O) groups is 7. The molecule has 0 aliphatic carbocycles. The molecule has 7 amide bonds. The lowest BCUT2D eigenvalue weighted by molar-refractivity contribution is -0.135. The molecule has 14 N–H and O–H groups in total. The second-order valence-corrected chi connectivity index (χ2v) is 10.3. The molecule has 1 rings (SSSR count). The van der Waals surface area contributed by atoms with Crippen LogP contribution in [0.2, 0.25) is 0 Å². The summed E-state index contributed by atoms with van der Waals surface area (Å²) in [6, 6.07) is -1.39. The summed E-state index contributed by atoms with van der Waals surface area (Å²) in [5, 5.41) is 28.7. The third-order valence-corrected chi connectivity index (χ3v) is 5.99. The lowest BCUT2D eigenvalue weighted by Crippen LogP contribution is -2.60. The standard InChI is InChI=1S/C26H40N8O9/c1-12(2)7-17(24(41)31-16(22(30)39)10-21(29)38)32-25(42)18(8-13-3-5-14(36)6-4-13)33-26(43)19(11-35)34-23(40)15(27)9-20(28)37/h3-6,12,15-19,35-36H,7-11,27H2,1-2H3,(H2,28,37)(H2,29,38)(H2,30,39)(H,31,41)(H,32,42)(H,33,43)(H,34,40)/t15-,16-,17-,18-,19-/m0/s1. The van der Waals surface area contributed by atoms with E-state index in [-0.39, 0.29) is 24.5 Å². The lowest BCUT2D eigenvalue weighted by Gasteiger charge is -2.27. The largest absolute Gasteiger partial charge is 0.508 e. The fourth-order valence-electron chi connectivity index (χ4n) is 3.80. The molecule has 1 aromatic rings. The quantitative estimate of drug-likeness (QED) is 0.0761. The predicted octanol–water partition coefficient (Wildman–Crippen LogP) is -4.52. The highest BCUT2D eigenvalue weighted by molar-refractivity contribution is 5.97. The number of aromatic hydroxyl groups is 1. The van der Waals surface area contributed by atoms with Crippen LogP contribution in [0.4, 0.5) is 0 Å². The van der Waals surface area contributed by atoms with Crippen LogP contribution in [0.3, 0.4) is 0 Å². The fourth-order valence-corrected chi connectivity index (χ4v) is 3.80. The lowest BCUT2D eigenvalue weighted by atomic mass is 10.00. The summed E-state index contributed by atoms with van der Waals surface area (Å²) < 4.78 is 0. The number of aliphatic hydroxyl groups is 1. The van der Waals surface area contributed by atoms with Crippen LogP contribution in [0.5, 0.6) is 5.75 Å². The molecular formula is C26H40N8O9. The molecule has 0 spiro atoms. The van der Waals surface area contributed by atoms with Crippen molar-refractivity contribution in [3.8, 4) is 5.75 Å². The average molecular weight is 609 g/mol. The minimum absolute atomic E-state index is 0.0576. The number of phenols is 1. The molecule has 43 heavy (non-hydrogen) atoms. The summed E-state index contributed by atoms with van der Waals surface area (Å²) in [4.78, 5) is 85.9. The maximum Gasteiger partial charge on any atom is 0.245 e. The number of benzene rings is 1. The molecular weight excluding hydrogens is 568 g/mol. The summed E-state index contributed by atoms with van der Waals surface area (Å²) in [5.74, 6) is -6.65. The number of phenolic OH excluding ortho intramolecular Hbond substituents is 1. The molecule has 238 valence electrons. The monoisotopic (exact) mass is 608 g/mol. The summed E-state index contributed by atoms with van der Waals surface area (Å²) in [6.45, 7) is 2.62. The topological polar surface area (TPSA) is 312 Å². The van der Waals surface area contributed by atoms with Crippen LogP contribution in [0.1, 0.15) is 38.7 Å². The van der Waals surface area contributed by atoms with Gasteiger partial charge >= 0.3 is 0 Å². The number of amides is 7. The van der Waals surface area contributed by atoms with Crippen molar-refractivity contribution >= 4 is 41.4 Å². The zero-order valence-electron chi connectivity index (χ0n) is 23.9. The van der Waals surface area contributed by atoms with Gasteiger partial charge in [-0.05, 0) is 30.0 Å². The number of aliphatic hydroxyl groups excluding tert-OH is 1. The minimum atomic E-state index is -1.58. The highest BCUT2D eigenvalue weighted by Crippen LogP contribution is 2.13. The maximum atomic E-state index is 13.5. The molecule has 17 nitrogen and oxygen atoms in total. The Morgan fingerprint density at radius 2 is 1.16 bits per heavy atom. The van der Waals surface area contributed by atoms with E-state index in [4.69, 9.17) is 22.9 Å². The molecule has 1 aromatic carbocycles. The van der Waals surface area contributed by atoms with Crippen LogP contribution in [-0.2, 0) is 40.0 Å². The Labute approximate surface area is 247 Å². The first-order chi connectivity index (χ1) is 20.0. The highest BCUT2D eigenvalue weighted by Gasteiger charge is 2.32. The van der Waals surface area contributed by atoms with Gasteiger partial charge in [0.2, 0.25) is 41.4 Å². The number of hydrogen-bond acceptors (Lipinski definition) is 10. The number of carbonyl (C=O) groups excluding carboxylic acids is 7. The normalized spacial score (nSPS) is 14.3. The molecule has 0 heterocycles. The first-order valence-electron chi connectivity index (χ1n) is 13.3. The van der Waals surface area contributed by atoms with Crippen LogP contribution in [0.25, 0.3) is 0 Å². The van der Waals surface area contributed by atoms with Crippen molar-refractivity contribution in [2.24, 2.45) is 28.9 Å². The number of hydrogen-bond donors (Lipinski definition) is 10. The van der Waals surface area contributed by atoms with E-state index < -0.39 is 91.0 Å². The number of primary amides is 3. The van der Waals surface area contributed by atoms with Gasteiger partial charge in [-0.1, -0.05) is 26.0 Å². The Bertz CT molecular complexity index is 1180. The van der Waals surface area contributed by atoms with Crippen molar-refractivity contribution < 1.29 is 43.8 Å². The van der Waals surface area contributed by atoms with E-state index in [1.165, 1.54) is 24.3 Å². The molecule has 0 unspecified atom stereocenters. The Morgan fingerprint density at radius 3 is 1.65 bits per heavy atom. The maximum absolute atomic E-state index is 13.5. The van der Waals surface area contributed by atoms with E-state index in [1.54, 1.807) is 13.8 Å². The van der Waals surface area contributed by atoms with Gasteiger partial charge in [-0.25, -0.2) is 0 Å². The molecule has 0 aromatic heterocycles. The zero-order valence-corrected chi connectivity index (χ0v) is 23.9. The molecule has 0 radical (unpaired) electrons. The number of nitrogens with two attached hydrogens (primary N) is 4. The second kappa shape index (κ2) is 17.2. The van der Waals surface area contributed by atoms with Gasteiger partial charge in [0.05, 0.1) is 25.5 Å². The summed E-state index contributed by atoms with van der Waals surface area (Å²) in [7, 11) is 0. The van der Waals surface area contributed by atoms with Crippen molar-refractivity contribution in [1.29, 1.82) is 0 Å². The smallest absolute Gasteiger partial charge is 0.245 e. The van der Waals surface area contributed by atoms with E-state index in [9.17, 15) is 43.8 Å². The average Bonchev–Trinajstić information content (AvgIpc) is 2.90. The zero-order chi connectivity index (χ0) is 32.9. The Balaban J connectivity index is 3.23. The molecule has 0 aliphatic heterocycles. The highest BCUT2D eigenvalue weighted by atomic mass is 16.3. The predicted molar refractivity (Wildman–Crippen MR) is 151 cm³/mol. The fraction of sp³-hybridized carbons (Fsp3) is 0.500. The van der Waals surface area contributed by atoms with Crippen LogP contribution in [0, 0.1) is 5.92 Å². The van der Waals surface area contributed by atoms with E-state index in [0.717, 1.165) is 0 Å². The van der Waals surface area contributed by atoms with Crippen molar-refractivity contribution in [3.05, 3.63) is 29.8 Å². The second-order valence-electron chi connectivity index (χ2n) is 10.3. The van der Waals surface area contributed by atoms with Gasteiger partial charge in [0.25, 0.3) is 0 Å². The molecule has 0 saturated carbocycles. The van der Waals surface area contributed by atoms with Crippen molar-refractivity contribution in [2.75, 3.05) is 6.61 Å². The minimum Gasteiger partial charge on any atom is -0.508 e. The summed E-state index contributed by atoms with van der Waals surface area (Å²) in [5.41, 5.74) is 21.5. The van der Waals surface area contributed by atoms with Gasteiger partial charge in [0, 0.05) is 6.42 Å². The third-order valence-electron chi connectivity index (χ3n) is 5.99. The van der Waals surface area contributed by atoms with Crippen molar-refractivity contribution in [3.63, 3.8) is 0 Å². The van der Waals surface area contributed by atoms with Gasteiger partial charge in [-0.3, -0.25) is 33.6 Å². The van der Waals surface area contributed by atoms with Crippen molar-refractivity contribution in [2.45, 2.75) is 69.7 Å². The molecule has 0 saturated heterocycles. The Kier molecular flexibility index (Phi) is 14.5. The first kappa shape index (κ1) is 36.3. The van der Waals surface area contributed by atoms with E-state index in [0.29, 0.717) is 5.56 Å². The van der Waals surface area contributed by atoms with E-state index in [1.807, 2.05) is 0 Å². The molecule has 17 heteroatoms. The van der Waals surface area contributed by atoms with Gasteiger partial charge < -0.3 is 54.4 Å².